The zero-order chi connectivity index (χ0) is 15.7. The molecule has 3 heterocycles. The van der Waals surface area contributed by atoms with Crippen molar-refractivity contribution >= 4 is 29.3 Å². The van der Waals surface area contributed by atoms with E-state index in [0.29, 0.717) is 16.5 Å². The number of carboxylic acid groups (broad SMARTS) is 1. The Morgan fingerprint density at radius 1 is 1.32 bits per heavy atom. The molecule has 0 aliphatic rings. The highest BCUT2D eigenvalue weighted by molar-refractivity contribution is 7.98. The highest BCUT2D eigenvalue weighted by atomic mass is 32.2. The molecule has 22 heavy (non-hydrogen) atoms. The lowest BCUT2D eigenvalue weighted by Gasteiger charge is -2.12. The van der Waals surface area contributed by atoms with Gasteiger partial charge in [-0.3, -0.25) is 9.30 Å². The first-order chi connectivity index (χ1) is 10.6. The topological polar surface area (TPSA) is 96.5 Å². The van der Waals surface area contributed by atoms with E-state index in [-0.39, 0.29) is 5.82 Å². The first-order valence-electron chi connectivity index (χ1n) is 6.28. The van der Waals surface area contributed by atoms with Gasteiger partial charge in [0, 0.05) is 25.6 Å². The number of hydrogen-bond acceptors (Lipinski definition) is 6. The standard InChI is InChI=1S/C13H12N6O2S/c1-18(13(20)21)10-11-16-7-9(19(11)6-5-14-10)8-3-4-15-12(17-8)22-2/h3-7H,1-2H3,(H,20,21). The molecule has 3 aromatic heterocycles. The summed E-state index contributed by atoms with van der Waals surface area (Å²) in [5.41, 5.74) is 1.91. The second-order valence-electron chi connectivity index (χ2n) is 4.36. The highest BCUT2D eigenvalue weighted by Crippen LogP contribution is 2.24. The minimum atomic E-state index is -1.10. The van der Waals surface area contributed by atoms with Gasteiger partial charge in [-0.1, -0.05) is 11.8 Å². The van der Waals surface area contributed by atoms with Crippen molar-refractivity contribution in [1.29, 1.82) is 0 Å². The van der Waals surface area contributed by atoms with Crippen molar-refractivity contribution in [1.82, 2.24) is 24.3 Å². The third kappa shape index (κ3) is 2.35. The Morgan fingerprint density at radius 2 is 2.14 bits per heavy atom. The van der Waals surface area contributed by atoms with Gasteiger partial charge >= 0.3 is 6.09 Å². The molecule has 3 rings (SSSR count). The van der Waals surface area contributed by atoms with E-state index in [9.17, 15) is 4.79 Å². The SMILES string of the molecule is CSc1nccc(-c2cnc3c(N(C)C(=O)O)nccn23)n1. The van der Waals surface area contributed by atoms with E-state index in [1.54, 1.807) is 29.1 Å². The van der Waals surface area contributed by atoms with Crippen LogP contribution in [0.25, 0.3) is 17.0 Å². The van der Waals surface area contributed by atoms with E-state index >= 15 is 0 Å². The summed E-state index contributed by atoms with van der Waals surface area (Å²) in [5, 5.41) is 9.77. The van der Waals surface area contributed by atoms with Crippen molar-refractivity contribution in [2.75, 3.05) is 18.2 Å². The van der Waals surface area contributed by atoms with E-state index in [2.05, 4.69) is 19.9 Å². The molecule has 0 atom stereocenters. The summed E-state index contributed by atoms with van der Waals surface area (Å²) < 4.78 is 1.76. The van der Waals surface area contributed by atoms with Gasteiger partial charge in [0.1, 0.15) is 0 Å². The van der Waals surface area contributed by atoms with Crippen molar-refractivity contribution < 1.29 is 9.90 Å². The summed E-state index contributed by atoms with van der Waals surface area (Å²) >= 11 is 1.45. The summed E-state index contributed by atoms with van der Waals surface area (Å²) in [6.45, 7) is 0. The summed E-state index contributed by atoms with van der Waals surface area (Å²) in [6, 6.07) is 1.78. The minimum absolute atomic E-state index is 0.264. The molecule has 0 aliphatic carbocycles. The van der Waals surface area contributed by atoms with Crippen LogP contribution in [0.4, 0.5) is 10.6 Å². The van der Waals surface area contributed by atoms with E-state index in [0.717, 1.165) is 10.6 Å². The summed E-state index contributed by atoms with van der Waals surface area (Å²) in [6.07, 6.45) is 7.37. The van der Waals surface area contributed by atoms with Gasteiger partial charge in [-0.05, 0) is 12.3 Å². The molecule has 0 unspecified atom stereocenters. The van der Waals surface area contributed by atoms with Crippen LogP contribution in [0.1, 0.15) is 0 Å². The number of anilines is 1. The fraction of sp³-hybridized carbons (Fsp3) is 0.154. The van der Waals surface area contributed by atoms with Crippen LogP contribution in [0, 0.1) is 0 Å². The van der Waals surface area contributed by atoms with Gasteiger partial charge < -0.3 is 5.11 Å². The van der Waals surface area contributed by atoms with Gasteiger partial charge in [-0.25, -0.2) is 24.7 Å². The summed E-state index contributed by atoms with van der Waals surface area (Å²) in [5.74, 6) is 0.264. The third-order valence-electron chi connectivity index (χ3n) is 3.09. The highest BCUT2D eigenvalue weighted by Gasteiger charge is 2.17. The number of amides is 1. The lowest BCUT2D eigenvalue weighted by atomic mass is 10.3. The molecule has 0 radical (unpaired) electrons. The lowest BCUT2D eigenvalue weighted by molar-refractivity contribution is 0.203. The fourth-order valence-corrected chi connectivity index (χ4v) is 2.36. The average Bonchev–Trinajstić information content (AvgIpc) is 2.98. The Hall–Kier alpha value is -2.68. The van der Waals surface area contributed by atoms with Gasteiger partial charge in [-0.15, -0.1) is 0 Å². The first kappa shape index (κ1) is 14.3. The second-order valence-corrected chi connectivity index (χ2v) is 5.13. The first-order valence-corrected chi connectivity index (χ1v) is 7.50. The van der Waals surface area contributed by atoms with Crippen molar-refractivity contribution in [3.05, 3.63) is 30.9 Å². The van der Waals surface area contributed by atoms with Crippen LogP contribution in [0.3, 0.4) is 0 Å². The Labute approximate surface area is 129 Å². The molecule has 8 nitrogen and oxygen atoms in total. The van der Waals surface area contributed by atoms with Crippen LogP contribution < -0.4 is 4.90 Å². The van der Waals surface area contributed by atoms with Crippen LogP contribution in [-0.2, 0) is 0 Å². The molecule has 0 fully saturated rings. The lowest BCUT2D eigenvalue weighted by Crippen LogP contribution is -2.25. The predicted octanol–water partition coefficient (Wildman–Crippen LogP) is 2.02. The zero-order valence-corrected chi connectivity index (χ0v) is 12.7. The monoisotopic (exact) mass is 316 g/mol. The molecule has 0 aromatic carbocycles. The van der Waals surface area contributed by atoms with E-state index < -0.39 is 6.09 Å². The van der Waals surface area contributed by atoms with Crippen LogP contribution in [0.15, 0.2) is 36.0 Å². The second kappa shape index (κ2) is 5.60. The summed E-state index contributed by atoms with van der Waals surface area (Å²) in [4.78, 5) is 29.1. The zero-order valence-electron chi connectivity index (χ0n) is 11.8. The number of fused-ring (bicyclic) bond motifs is 1. The molecular formula is C13H12N6O2S. The van der Waals surface area contributed by atoms with Crippen LogP contribution in [0.5, 0.6) is 0 Å². The molecule has 1 N–H and O–H groups in total. The Morgan fingerprint density at radius 3 is 2.86 bits per heavy atom. The van der Waals surface area contributed by atoms with Crippen LogP contribution in [-0.4, -0.2) is 48.8 Å². The summed E-state index contributed by atoms with van der Waals surface area (Å²) in [7, 11) is 1.43. The average molecular weight is 316 g/mol. The predicted molar refractivity (Wildman–Crippen MR) is 82.2 cm³/mol. The smallest absolute Gasteiger partial charge is 0.412 e. The van der Waals surface area contributed by atoms with Gasteiger partial charge in [0.15, 0.2) is 16.6 Å². The molecule has 0 spiro atoms. The van der Waals surface area contributed by atoms with Crippen molar-refractivity contribution in [3.63, 3.8) is 0 Å². The van der Waals surface area contributed by atoms with E-state index in [1.807, 2.05) is 6.26 Å². The Balaban J connectivity index is 2.17. The number of thioether (sulfide) groups is 1. The third-order valence-corrected chi connectivity index (χ3v) is 3.65. The molecule has 0 aliphatic heterocycles. The molecule has 3 aromatic rings. The number of aromatic nitrogens is 5. The quantitative estimate of drug-likeness (QED) is 0.583. The maximum absolute atomic E-state index is 11.1. The van der Waals surface area contributed by atoms with Gasteiger partial charge in [0.25, 0.3) is 0 Å². The van der Waals surface area contributed by atoms with Crippen LogP contribution in [0.2, 0.25) is 0 Å². The number of rotatable bonds is 3. The number of imidazole rings is 1. The van der Waals surface area contributed by atoms with Gasteiger partial charge in [-0.2, -0.15) is 0 Å². The van der Waals surface area contributed by atoms with Crippen molar-refractivity contribution in [3.8, 4) is 11.4 Å². The molecule has 9 heteroatoms. The maximum atomic E-state index is 11.1. The minimum Gasteiger partial charge on any atom is -0.465 e. The molecule has 0 saturated heterocycles. The molecule has 1 amide bonds. The van der Waals surface area contributed by atoms with Gasteiger partial charge in [0.2, 0.25) is 0 Å². The van der Waals surface area contributed by atoms with E-state index in [1.165, 1.54) is 25.0 Å². The van der Waals surface area contributed by atoms with Gasteiger partial charge in [0.05, 0.1) is 17.6 Å². The molecular weight excluding hydrogens is 304 g/mol. The molecule has 112 valence electrons. The van der Waals surface area contributed by atoms with Crippen molar-refractivity contribution in [2.24, 2.45) is 0 Å². The van der Waals surface area contributed by atoms with E-state index in [4.69, 9.17) is 5.11 Å². The Kier molecular flexibility index (Phi) is 3.63. The maximum Gasteiger partial charge on any atom is 0.412 e. The number of nitrogens with zero attached hydrogens (tertiary/aromatic N) is 6. The molecule has 0 saturated carbocycles. The molecule has 0 bridgehead atoms. The van der Waals surface area contributed by atoms with Crippen LogP contribution >= 0.6 is 11.8 Å². The van der Waals surface area contributed by atoms with Crippen molar-refractivity contribution in [2.45, 2.75) is 5.16 Å². The number of carbonyl (C=O) groups is 1. The number of hydrogen-bond donors (Lipinski definition) is 1. The normalized spacial score (nSPS) is 10.8. The Bertz CT molecular complexity index is 849. The largest absolute Gasteiger partial charge is 0.465 e. The fourth-order valence-electron chi connectivity index (χ4n) is 2.00.